The molecule has 1 unspecified atom stereocenters. The van der Waals surface area contributed by atoms with E-state index >= 15 is 0 Å². The Morgan fingerprint density at radius 3 is 2.79 bits per heavy atom. The monoisotopic (exact) mass is 259 g/mol. The molecular weight excluding hydrogens is 245 g/mol. The summed E-state index contributed by atoms with van der Waals surface area (Å²) in [6.07, 6.45) is 2.38. The number of amides is 1. The molecule has 2 aromatic rings. The standard InChI is InChI=1S/C14H14FN3O/c1-9(10-4-2-3-5-13(10)16)18-14(19)11-6-7-17-8-12(11)15/h2-9H,16H2,1H3,(H,18,19). The quantitative estimate of drug-likeness (QED) is 0.831. The number of anilines is 1. The zero-order valence-electron chi connectivity index (χ0n) is 10.4. The third kappa shape index (κ3) is 2.88. The molecular formula is C14H14FN3O. The number of aromatic nitrogens is 1. The smallest absolute Gasteiger partial charge is 0.254 e. The first kappa shape index (κ1) is 13.0. The van der Waals surface area contributed by atoms with Gasteiger partial charge < -0.3 is 11.1 Å². The van der Waals surface area contributed by atoms with E-state index in [2.05, 4.69) is 10.3 Å². The van der Waals surface area contributed by atoms with Crippen molar-refractivity contribution in [2.75, 3.05) is 5.73 Å². The van der Waals surface area contributed by atoms with Gasteiger partial charge >= 0.3 is 0 Å². The Labute approximate surface area is 110 Å². The zero-order valence-corrected chi connectivity index (χ0v) is 10.4. The first-order valence-corrected chi connectivity index (χ1v) is 5.84. The highest BCUT2D eigenvalue weighted by molar-refractivity contribution is 5.94. The third-order valence-electron chi connectivity index (χ3n) is 2.83. The molecule has 0 radical (unpaired) electrons. The fourth-order valence-electron chi connectivity index (χ4n) is 1.82. The van der Waals surface area contributed by atoms with Crippen LogP contribution in [-0.2, 0) is 0 Å². The Morgan fingerprint density at radius 1 is 1.37 bits per heavy atom. The van der Waals surface area contributed by atoms with Crippen LogP contribution >= 0.6 is 0 Å². The van der Waals surface area contributed by atoms with Gasteiger partial charge in [0, 0.05) is 11.9 Å². The lowest BCUT2D eigenvalue weighted by Gasteiger charge is -2.16. The number of nitrogens with two attached hydrogens (primary N) is 1. The van der Waals surface area contributed by atoms with E-state index in [9.17, 15) is 9.18 Å². The van der Waals surface area contributed by atoms with Gasteiger partial charge in [-0.2, -0.15) is 0 Å². The zero-order chi connectivity index (χ0) is 13.8. The van der Waals surface area contributed by atoms with Crippen LogP contribution in [0.3, 0.4) is 0 Å². The van der Waals surface area contributed by atoms with E-state index in [0.29, 0.717) is 5.69 Å². The second-order valence-corrected chi connectivity index (χ2v) is 4.18. The van der Waals surface area contributed by atoms with Crippen molar-refractivity contribution in [1.82, 2.24) is 10.3 Å². The molecule has 0 aliphatic carbocycles. The molecule has 2 rings (SSSR count). The minimum absolute atomic E-state index is 0.0312. The van der Waals surface area contributed by atoms with E-state index in [1.807, 2.05) is 18.2 Å². The predicted octanol–water partition coefficient (Wildman–Crippen LogP) is 2.29. The molecule has 4 nitrogen and oxygen atoms in total. The van der Waals surface area contributed by atoms with E-state index in [4.69, 9.17) is 5.73 Å². The van der Waals surface area contributed by atoms with E-state index in [1.54, 1.807) is 13.0 Å². The van der Waals surface area contributed by atoms with Gasteiger partial charge in [-0.15, -0.1) is 0 Å². The number of carbonyl (C=O) groups excluding carboxylic acids is 1. The lowest BCUT2D eigenvalue weighted by Crippen LogP contribution is -2.28. The molecule has 1 aromatic heterocycles. The van der Waals surface area contributed by atoms with Gasteiger partial charge in [0.05, 0.1) is 17.8 Å². The maximum absolute atomic E-state index is 13.4. The molecule has 0 fully saturated rings. The van der Waals surface area contributed by atoms with Crippen molar-refractivity contribution < 1.29 is 9.18 Å². The van der Waals surface area contributed by atoms with Crippen LogP contribution in [0, 0.1) is 5.82 Å². The second kappa shape index (κ2) is 5.48. The highest BCUT2D eigenvalue weighted by Crippen LogP contribution is 2.20. The number of hydrogen-bond acceptors (Lipinski definition) is 3. The van der Waals surface area contributed by atoms with Gasteiger partial charge in [-0.05, 0) is 24.6 Å². The Morgan fingerprint density at radius 2 is 2.11 bits per heavy atom. The van der Waals surface area contributed by atoms with Crippen molar-refractivity contribution in [2.24, 2.45) is 0 Å². The summed E-state index contributed by atoms with van der Waals surface area (Å²) in [7, 11) is 0. The molecule has 1 atom stereocenters. The Kier molecular flexibility index (Phi) is 3.75. The largest absolute Gasteiger partial charge is 0.398 e. The van der Waals surface area contributed by atoms with Crippen molar-refractivity contribution in [3.05, 3.63) is 59.7 Å². The van der Waals surface area contributed by atoms with Crippen LogP contribution < -0.4 is 11.1 Å². The third-order valence-corrected chi connectivity index (χ3v) is 2.83. The number of pyridine rings is 1. The van der Waals surface area contributed by atoms with Gasteiger partial charge in [0.2, 0.25) is 0 Å². The summed E-state index contributed by atoms with van der Waals surface area (Å²) < 4.78 is 13.4. The number of nitrogen functional groups attached to an aromatic ring is 1. The maximum Gasteiger partial charge on any atom is 0.254 e. The number of nitrogens with one attached hydrogen (secondary N) is 1. The summed E-state index contributed by atoms with van der Waals surface area (Å²) >= 11 is 0. The molecule has 5 heteroatoms. The fourth-order valence-corrected chi connectivity index (χ4v) is 1.82. The van der Waals surface area contributed by atoms with Crippen LogP contribution in [0.25, 0.3) is 0 Å². The molecule has 1 amide bonds. The lowest BCUT2D eigenvalue weighted by atomic mass is 10.1. The minimum Gasteiger partial charge on any atom is -0.398 e. The first-order chi connectivity index (χ1) is 9.09. The van der Waals surface area contributed by atoms with E-state index < -0.39 is 11.7 Å². The summed E-state index contributed by atoms with van der Waals surface area (Å²) in [4.78, 5) is 15.5. The topological polar surface area (TPSA) is 68.0 Å². The Bertz CT molecular complexity index is 601. The van der Waals surface area contributed by atoms with Gasteiger partial charge in [0.25, 0.3) is 5.91 Å². The average Bonchev–Trinajstić information content (AvgIpc) is 2.39. The lowest BCUT2D eigenvalue weighted by molar-refractivity contribution is 0.0936. The van der Waals surface area contributed by atoms with Crippen LogP contribution in [-0.4, -0.2) is 10.9 Å². The van der Waals surface area contributed by atoms with Crippen molar-refractivity contribution in [1.29, 1.82) is 0 Å². The van der Waals surface area contributed by atoms with Crippen LogP contribution in [0.2, 0.25) is 0 Å². The molecule has 0 bridgehead atoms. The number of benzene rings is 1. The van der Waals surface area contributed by atoms with Crippen molar-refractivity contribution >= 4 is 11.6 Å². The number of hydrogen-bond donors (Lipinski definition) is 2. The normalized spacial score (nSPS) is 11.9. The molecule has 0 spiro atoms. The minimum atomic E-state index is -0.645. The molecule has 0 aliphatic rings. The van der Waals surface area contributed by atoms with Crippen LogP contribution in [0.1, 0.15) is 28.9 Å². The van der Waals surface area contributed by atoms with Crippen LogP contribution in [0.5, 0.6) is 0 Å². The van der Waals surface area contributed by atoms with Crippen molar-refractivity contribution in [3.63, 3.8) is 0 Å². The summed E-state index contributed by atoms with van der Waals surface area (Å²) in [6.45, 7) is 1.79. The molecule has 0 aliphatic heterocycles. The van der Waals surface area contributed by atoms with Gasteiger partial charge in [-0.3, -0.25) is 9.78 Å². The first-order valence-electron chi connectivity index (χ1n) is 5.84. The number of carbonyl (C=O) groups is 1. The predicted molar refractivity (Wildman–Crippen MR) is 70.9 cm³/mol. The second-order valence-electron chi connectivity index (χ2n) is 4.18. The summed E-state index contributed by atoms with van der Waals surface area (Å²) in [5.74, 6) is -1.14. The SMILES string of the molecule is CC(NC(=O)c1ccncc1F)c1ccccc1N. The summed E-state index contributed by atoms with van der Waals surface area (Å²) in [5, 5.41) is 2.71. The van der Waals surface area contributed by atoms with Gasteiger partial charge in [0.1, 0.15) is 0 Å². The van der Waals surface area contributed by atoms with Crippen LogP contribution in [0.4, 0.5) is 10.1 Å². The van der Waals surface area contributed by atoms with E-state index in [-0.39, 0.29) is 11.6 Å². The number of nitrogens with zero attached hydrogens (tertiary/aromatic N) is 1. The Balaban J connectivity index is 2.16. The van der Waals surface area contributed by atoms with Crippen molar-refractivity contribution in [2.45, 2.75) is 13.0 Å². The van der Waals surface area contributed by atoms with E-state index in [0.717, 1.165) is 11.8 Å². The summed E-state index contributed by atoms with van der Waals surface area (Å²) in [6, 6.07) is 8.26. The molecule has 98 valence electrons. The van der Waals surface area contributed by atoms with Gasteiger partial charge in [-0.1, -0.05) is 18.2 Å². The Hall–Kier alpha value is -2.43. The molecule has 1 heterocycles. The maximum atomic E-state index is 13.4. The van der Waals surface area contributed by atoms with Crippen molar-refractivity contribution in [3.8, 4) is 0 Å². The van der Waals surface area contributed by atoms with E-state index in [1.165, 1.54) is 12.3 Å². The molecule has 0 saturated carbocycles. The highest BCUT2D eigenvalue weighted by Gasteiger charge is 2.15. The molecule has 1 aromatic carbocycles. The van der Waals surface area contributed by atoms with Crippen LogP contribution in [0.15, 0.2) is 42.7 Å². The number of rotatable bonds is 3. The van der Waals surface area contributed by atoms with Gasteiger partial charge in [0.15, 0.2) is 5.82 Å². The molecule has 19 heavy (non-hydrogen) atoms. The number of para-hydroxylation sites is 1. The average molecular weight is 259 g/mol. The molecule has 0 saturated heterocycles. The summed E-state index contributed by atoms with van der Waals surface area (Å²) in [5.41, 5.74) is 7.18. The molecule has 3 N–H and O–H groups in total. The van der Waals surface area contributed by atoms with Gasteiger partial charge in [-0.25, -0.2) is 4.39 Å². The number of halogens is 1. The highest BCUT2D eigenvalue weighted by atomic mass is 19.1. The fraction of sp³-hybridized carbons (Fsp3) is 0.143.